The molecule has 3 N–H and O–H groups in total. The van der Waals surface area contributed by atoms with Gasteiger partial charge >= 0.3 is 0 Å². The van der Waals surface area contributed by atoms with Crippen LogP contribution in [-0.4, -0.2) is 88.1 Å². The molecule has 0 radical (unpaired) electrons. The Morgan fingerprint density at radius 2 is 1.63 bits per heavy atom. The summed E-state index contributed by atoms with van der Waals surface area (Å²) in [5, 5.41) is 11.9. The predicted molar refractivity (Wildman–Crippen MR) is 129 cm³/mol. The fourth-order valence-electron chi connectivity index (χ4n) is 3.71. The van der Waals surface area contributed by atoms with Gasteiger partial charge in [0, 0.05) is 32.7 Å². The van der Waals surface area contributed by atoms with Crippen LogP contribution < -0.4 is 15.5 Å². The van der Waals surface area contributed by atoms with Gasteiger partial charge in [0.25, 0.3) is 5.91 Å². The standard InChI is InChI=1S/C22H30N4O7S2/c1-34(29,30)26-13-11-25(12-14-26)21(22(27)24-28)15-23-17-35(31,32)20-9-7-19(8-10-20)33-16-18-5-3-2-4-6-18/h2-10,21,23,28H,11-17H2,1H3,(H,24,27)/t21-/m0/s1. The molecule has 0 unspecified atom stereocenters. The Labute approximate surface area is 205 Å². The number of rotatable bonds is 11. The first-order valence-corrected chi connectivity index (χ1v) is 14.4. The van der Waals surface area contributed by atoms with Crippen molar-refractivity contribution in [1.82, 2.24) is 20.0 Å². The molecule has 3 rings (SSSR count). The minimum absolute atomic E-state index is 0.0528. The molecular weight excluding hydrogens is 496 g/mol. The Balaban J connectivity index is 1.54. The number of hydroxylamine groups is 1. The van der Waals surface area contributed by atoms with Gasteiger partial charge in [-0.1, -0.05) is 30.3 Å². The molecule has 13 heteroatoms. The SMILES string of the molecule is CS(=O)(=O)N1CCN([C@@H](CNCS(=O)(=O)c2ccc(OCc3ccccc3)cc2)C(=O)NO)CC1. The minimum Gasteiger partial charge on any atom is -0.489 e. The van der Waals surface area contributed by atoms with E-state index >= 15 is 0 Å². The van der Waals surface area contributed by atoms with Crippen molar-refractivity contribution < 1.29 is 31.6 Å². The summed E-state index contributed by atoms with van der Waals surface area (Å²) in [6.07, 6.45) is 1.12. The average Bonchev–Trinajstić information content (AvgIpc) is 2.85. The minimum atomic E-state index is -3.70. The maximum absolute atomic E-state index is 12.7. The van der Waals surface area contributed by atoms with Gasteiger partial charge in [0.15, 0.2) is 9.84 Å². The molecule has 1 fully saturated rings. The van der Waals surface area contributed by atoms with Crippen LogP contribution in [0.25, 0.3) is 0 Å². The third-order valence-corrected chi connectivity index (χ3v) is 8.53. The highest BCUT2D eigenvalue weighted by atomic mass is 32.2. The zero-order valence-electron chi connectivity index (χ0n) is 19.3. The summed E-state index contributed by atoms with van der Waals surface area (Å²) >= 11 is 0. The van der Waals surface area contributed by atoms with E-state index in [1.807, 2.05) is 30.3 Å². The van der Waals surface area contributed by atoms with E-state index in [0.29, 0.717) is 12.4 Å². The van der Waals surface area contributed by atoms with E-state index in [2.05, 4.69) is 5.32 Å². The predicted octanol–water partition coefficient (Wildman–Crippen LogP) is 0.0376. The van der Waals surface area contributed by atoms with E-state index in [0.717, 1.165) is 11.8 Å². The van der Waals surface area contributed by atoms with Gasteiger partial charge in [-0.25, -0.2) is 22.3 Å². The lowest BCUT2D eigenvalue weighted by Crippen LogP contribution is -2.58. The lowest BCUT2D eigenvalue weighted by Gasteiger charge is -2.37. The summed E-state index contributed by atoms with van der Waals surface area (Å²) in [6.45, 7) is 1.24. The van der Waals surface area contributed by atoms with Gasteiger partial charge < -0.3 is 10.1 Å². The van der Waals surface area contributed by atoms with Gasteiger partial charge in [-0.2, -0.15) is 4.31 Å². The van der Waals surface area contributed by atoms with E-state index in [1.54, 1.807) is 22.5 Å². The summed E-state index contributed by atoms with van der Waals surface area (Å²) in [7, 11) is -7.03. The van der Waals surface area contributed by atoms with Crippen LogP contribution in [0.2, 0.25) is 0 Å². The fraction of sp³-hybridized carbons (Fsp3) is 0.409. The molecule has 1 atom stereocenters. The van der Waals surface area contributed by atoms with Crippen LogP contribution in [0.3, 0.4) is 0 Å². The quantitative estimate of drug-likeness (QED) is 0.273. The first-order valence-electron chi connectivity index (χ1n) is 10.9. The molecule has 0 bridgehead atoms. The third-order valence-electron chi connectivity index (χ3n) is 5.66. The number of amides is 1. The highest BCUT2D eigenvalue weighted by Crippen LogP contribution is 2.18. The number of hydrogen-bond donors (Lipinski definition) is 3. The summed E-state index contributed by atoms with van der Waals surface area (Å²) in [4.78, 5) is 14.0. The zero-order valence-corrected chi connectivity index (χ0v) is 21.0. The molecule has 11 nitrogen and oxygen atoms in total. The number of sulfone groups is 1. The number of benzene rings is 2. The summed E-state index contributed by atoms with van der Waals surface area (Å²) in [5.41, 5.74) is 2.59. The third kappa shape index (κ3) is 7.72. The van der Waals surface area contributed by atoms with Crippen LogP contribution in [0.15, 0.2) is 59.5 Å². The highest BCUT2D eigenvalue weighted by Gasteiger charge is 2.31. The molecular formula is C22H30N4O7S2. The normalized spacial score (nSPS) is 16.5. The van der Waals surface area contributed by atoms with Crippen molar-refractivity contribution in [3.05, 3.63) is 60.2 Å². The molecule has 1 aliphatic heterocycles. The van der Waals surface area contributed by atoms with Gasteiger partial charge in [0.1, 0.15) is 24.3 Å². The van der Waals surface area contributed by atoms with Crippen molar-refractivity contribution in [3.63, 3.8) is 0 Å². The molecule has 192 valence electrons. The van der Waals surface area contributed by atoms with Crippen molar-refractivity contribution in [1.29, 1.82) is 0 Å². The van der Waals surface area contributed by atoms with Gasteiger partial charge in [0.2, 0.25) is 10.0 Å². The van der Waals surface area contributed by atoms with Crippen LogP contribution in [0.4, 0.5) is 0 Å². The smallest absolute Gasteiger partial charge is 0.261 e. The van der Waals surface area contributed by atoms with Crippen molar-refractivity contribution in [2.24, 2.45) is 0 Å². The molecule has 0 aromatic heterocycles. The van der Waals surface area contributed by atoms with Crippen LogP contribution in [-0.2, 0) is 31.3 Å². The second-order valence-corrected chi connectivity index (χ2v) is 12.1. The number of carbonyl (C=O) groups excluding carboxylic acids is 1. The lowest BCUT2D eigenvalue weighted by molar-refractivity contribution is -0.135. The molecule has 2 aromatic rings. The second kappa shape index (κ2) is 11.9. The summed E-state index contributed by atoms with van der Waals surface area (Å²) in [6, 6.07) is 14.8. The van der Waals surface area contributed by atoms with Gasteiger partial charge in [0.05, 0.1) is 11.2 Å². The summed E-state index contributed by atoms with van der Waals surface area (Å²) in [5.74, 6) is -0.591. The van der Waals surface area contributed by atoms with Crippen LogP contribution in [0, 0.1) is 0 Å². The second-order valence-electron chi connectivity index (χ2n) is 8.15. The Bertz CT molecular complexity index is 1180. The first kappa shape index (κ1) is 27.0. The Morgan fingerprint density at radius 3 is 2.20 bits per heavy atom. The molecule has 1 saturated heterocycles. The lowest BCUT2D eigenvalue weighted by atomic mass is 10.2. The number of piperazine rings is 1. The average molecular weight is 527 g/mol. The van der Waals surface area contributed by atoms with Crippen molar-refractivity contribution in [2.75, 3.05) is 44.9 Å². The topological polar surface area (TPSA) is 145 Å². The maximum atomic E-state index is 12.7. The number of hydrogen-bond acceptors (Lipinski definition) is 9. The number of nitrogens with one attached hydrogen (secondary N) is 2. The van der Waals surface area contributed by atoms with Crippen molar-refractivity contribution in [2.45, 2.75) is 17.5 Å². The number of carbonyl (C=O) groups is 1. The van der Waals surface area contributed by atoms with Crippen LogP contribution in [0.1, 0.15) is 5.56 Å². The van der Waals surface area contributed by atoms with E-state index in [9.17, 15) is 21.6 Å². The summed E-state index contributed by atoms with van der Waals surface area (Å²) < 4.78 is 55.8. The molecule has 1 heterocycles. The van der Waals surface area contributed by atoms with E-state index < -0.39 is 37.7 Å². The highest BCUT2D eigenvalue weighted by molar-refractivity contribution is 7.91. The number of nitrogens with zero attached hydrogens (tertiary/aromatic N) is 2. The fourth-order valence-corrected chi connectivity index (χ4v) is 5.64. The molecule has 1 aliphatic rings. The molecule has 35 heavy (non-hydrogen) atoms. The largest absolute Gasteiger partial charge is 0.489 e. The number of ether oxygens (including phenoxy) is 1. The first-order chi connectivity index (χ1) is 16.6. The van der Waals surface area contributed by atoms with Gasteiger partial charge in [-0.05, 0) is 29.8 Å². The molecule has 0 aliphatic carbocycles. The van der Waals surface area contributed by atoms with Crippen LogP contribution >= 0.6 is 0 Å². The maximum Gasteiger partial charge on any atom is 0.261 e. The molecule has 0 saturated carbocycles. The molecule has 1 amide bonds. The van der Waals surface area contributed by atoms with E-state index in [1.165, 1.54) is 16.4 Å². The monoisotopic (exact) mass is 526 g/mol. The number of sulfonamides is 1. The van der Waals surface area contributed by atoms with E-state index in [4.69, 9.17) is 9.94 Å². The molecule has 0 spiro atoms. The van der Waals surface area contributed by atoms with E-state index in [-0.39, 0.29) is 37.6 Å². The molecule has 2 aromatic carbocycles. The van der Waals surface area contributed by atoms with Crippen molar-refractivity contribution in [3.8, 4) is 5.75 Å². The van der Waals surface area contributed by atoms with Gasteiger partial charge in [-0.15, -0.1) is 0 Å². The Hall–Kier alpha value is -2.55. The Kier molecular flexibility index (Phi) is 9.21. The Morgan fingerprint density at radius 1 is 1.00 bits per heavy atom. The zero-order chi connectivity index (χ0) is 25.5. The van der Waals surface area contributed by atoms with Crippen LogP contribution in [0.5, 0.6) is 5.75 Å². The van der Waals surface area contributed by atoms with Gasteiger partial charge in [-0.3, -0.25) is 14.9 Å². The van der Waals surface area contributed by atoms with Crippen molar-refractivity contribution >= 4 is 25.8 Å².